The van der Waals surface area contributed by atoms with Crippen molar-refractivity contribution < 1.29 is 4.39 Å². The molecule has 4 nitrogen and oxygen atoms in total. The van der Waals surface area contributed by atoms with Crippen LogP contribution in [0, 0.1) is 5.82 Å². The number of hydrogen-bond donors (Lipinski definition) is 1. The van der Waals surface area contributed by atoms with Crippen LogP contribution in [-0.2, 0) is 0 Å². The van der Waals surface area contributed by atoms with Gasteiger partial charge in [0.25, 0.3) is 0 Å². The third kappa shape index (κ3) is 3.49. The van der Waals surface area contributed by atoms with Crippen molar-refractivity contribution in [3.05, 3.63) is 52.9 Å². The molecule has 0 bridgehead atoms. The summed E-state index contributed by atoms with van der Waals surface area (Å²) in [6, 6.07) is 9.22. The van der Waals surface area contributed by atoms with Gasteiger partial charge in [-0.2, -0.15) is 5.10 Å². The van der Waals surface area contributed by atoms with E-state index in [4.69, 9.17) is 11.6 Å². The van der Waals surface area contributed by atoms with Gasteiger partial charge in [-0.05, 0) is 29.8 Å². The molecule has 0 unspecified atom stereocenters. The number of hydrazone groups is 1. The molecule has 86 valence electrons. The molecule has 0 spiro atoms. The molecule has 0 atom stereocenters. The minimum absolute atomic E-state index is 0.279. The Morgan fingerprint density at radius 2 is 1.88 bits per heavy atom. The molecule has 0 aliphatic heterocycles. The van der Waals surface area contributed by atoms with Gasteiger partial charge in [-0.3, -0.25) is 5.43 Å². The van der Waals surface area contributed by atoms with Crippen molar-refractivity contribution >= 4 is 23.6 Å². The van der Waals surface area contributed by atoms with Crippen LogP contribution in [-0.4, -0.2) is 16.4 Å². The van der Waals surface area contributed by atoms with Gasteiger partial charge in [0.05, 0.1) is 6.21 Å². The molecule has 1 heterocycles. The van der Waals surface area contributed by atoms with Crippen LogP contribution in [0.4, 0.5) is 10.2 Å². The van der Waals surface area contributed by atoms with Crippen molar-refractivity contribution in [1.29, 1.82) is 0 Å². The number of halogens is 2. The fourth-order valence-corrected chi connectivity index (χ4v) is 1.20. The third-order valence-electron chi connectivity index (χ3n) is 1.89. The largest absolute Gasteiger partial charge is 0.260 e. The highest BCUT2D eigenvalue weighted by Crippen LogP contribution is 2.06. The highest BCUT2D eigenvalue weighted by atomic mass is 35.5. The van der Waals surface area contributed by atoms with Crippen LogP contribution in [0.1, 0.15) is 5.56 Å². The summed E-state index contributed by atoms with van der Waals surface area (Å²) in [5, 5.41) is 11.6. The van der Waals surface area contributed by atoms with Gasteiger partial charge in [-0.1, -0.05) is 23.7 Å². The first-order chi connectivity index (χ1) is 8.24. The molecule has 0 fully saturated rings. The normalized spacial score (nSPS) is 10.7. The van der Waals surface area contributed by atoms with Crippen LogP contribution in [0.15, 0.2) is 41.5 Å². The number of rotatable bonds is 3. The Labute approximate surface area is 102 Å². The van der Waals surface area contributed by atoms with E-state index in [0.717, 1.165) is 5.56 Å². The monoisotopic (exact) mass is 250 g/mol. The van der Waals surface area contributed by atoms with Gasteiger partial charge in [0, 0.05) is 0 Å². The molecule has 1 aromatic carbocycles. The SMILES string of the molecule is Fc1ccc(/C=N/Nc2ccc(Cl)nn2)cc1. The summed E-state index contributed by atoms with van der Waals surface area (Å²) in [4.78, 5) is 0. The second-order valence-electron chi connectivity index (χ2n) is 3.16. The second kappa shape index (κ2) is 5.36. The van der Waals surface area contributed by atoms with Crippen molar-refractivity contribution in [3.63, 3.8) is 0 Å². The van der Waals surface area contributed by atoms with Crippen LogP contribution in [0.5, 0.6) is 0 Å². The van der Waals surface area contributed by atoms with Crippen LogP contribution in [0.2, 0.25) is 5.15 Å². The Balaban J connectivity index is 1.97. The molecular weight excluding hydrogens is 243 g/mol. The standard InChI is InChI=1S/C11H8ClFN4/c12-10-5-6-11(17-15-10)16-14-7-8-1-3-9(13)4-2-8/h1-7H,(H,16,17)/b14-7+. The lowest BCUT2D eigenvalue weighted by molar-refractivity contribution is 0.628. The predicted molar refractivity (Wildman–Crippen MR) is 64.7 cm³/mol. The maximum absolute atomic E-state index is 12.6. The molecular formula is C11H8ClFN4. The fourth-order valence-electron chi connectivity index (χ4n) is 1.10. The summed E-state index contributed by atoms with van der Waals surface area (Å²) in [5.41, 5.74) is 3.46. The Morgan fingerprint density at radius 3 is 2.53 bits per heavy atom. The molecule has 1 aromatic heterocycles. The number of benzene rings is 1. The van der Waals surface area contributed by atoms with Crippen molar-refractivity contribution in [1.82, 2.24) is 10.2 Å². The van der Waals surface area contributed by atoms with Crippen LogP contribution in [0.3, 0.4) is 0 Å². The van der Waals surface area contributed by atoms with E-state index in [9.17, 15) is 4.39 Å². The smallest absolute Gasteiger partial charge is 0.168 e. The Morgan fingerprint density at radius 1 is 1.12 bits per heavy atom. The van der Waals surface area contributed by atoms with E-state index >= 15 is 0 Å². The van der Waals surface area contributed by atoms with E-state index in [2.05, 4.69) is 20.7 Å². The number of nitrogens with zero attached hydrogens (tertiary/aromatic N) is 3. The summed E-state index contributed by atoms with van der Waals surface area (Å²) < 4.78 is 12.6. The quantitative estimate of drug-likeness (QED) is 0.673. The summed E-state index contributed by atoms with van der Waals surface area (Å²) in [7, 11) is 0. The lowest BCUT2D eigenvalue weighted by Gasteiger charge is -1.97. The average molecular weight is 251 g/mol. The predicted octanol–water partition coefficient (Wildman–Crippen LogP) is 2.72. The molecule has 2 rings (SSSR count). The summed E-state index contributed by atoms with van der Waals surface area (Å²) >= 11 is 5.58. The third-order valence-corrected chi connectivity index (χ3v) is 2.10. The minimum Gasteiger partial charge on any atom is -0.260 e. The maximum Gasteiger partial charge on any atom is 0.168 e. The van der Waals surface area contributed by atoms with Crippen molar-refractivity contribution in [3.8, 4) is 0 Å². The summed E-state index contributed by atoms with van der Waals surface area (Å²) in [6.07, 6.45) is 1.55. The Hall–Kier alpha value is -2.01. The molecule has 0 radical (unpaired) electrons. The lowest BCUT2D eigenvalue weighted by Crippen LogP contribution is -1.94. The van der Waals surface area contributed by atoms with Gasteiger partial charge in [0.1, 0.15) is 5.82 Å². The zero-order valence-corrected chi connectivity index (χ0v) is 9.39. The first-order valence-electron chi connectivity index (χ1n) is 4.78. The number of anilines is 1. The molecule has 0 saturated carbocycles. The molecule has 0 saturated heterocycles. The van der Waals surface area contributed by atoms with Gasteiger partial charge in [-0.25, -0.2) is 4.39 Å². The Bertz CT molecular complexity index is 510. The highest BCUT2D eigenvalue weighted by Gasteiger charge is 1.93. The summed E-state index contributed by atoms with van der Waals surface area (Å²) in [5.74, 6) is 0.200. The molecule has 0 amide bonds. The van der Waals surface area contributed by atoms with Gasteiger partial charge in [0.15, 0.2) is 11.0 Å². The maximum atomic E-state index is 12.6. The van der Waals surface area contributed by atoms with Crippen molar-refractivity contribution in [2.24, 2.45) is 5.10 Å². The number of nitrogens with one attached hydrogen (secondary N) is 1. The first-order valence-corrected chi connectivity index (χ1v) is 5.16. The minimum atomic E-state index is -0.279. The zero-order valence-electron chi connectivity index (χ0n) is 8.64. The summed E-state index contributed by atoms with van der Waals surface area (Å²) in [6.45, 7) is 0. The Kier molecular flexibility index (Phi) is 3.62. The van der Waals surface area contributed by atoms with E-state index in [1.54, 1.807) is 30.5 Å². The molecule has 0 aliphatic rings. The molecule has 0 aliphatic carbocycles. The average Bonchev–Trinajstić information content (AvgIpc) is 2.34. The zero-order chi connectivity index (χ0) is 12.1. The van der Waals surface area contributed by atoms with Gasteiger partial charge >= 0.3 is 0 Å². The van der Waals surface area contributed by atoms with E-state index in [1.807, 2.05) is 0 Å². The molecule has 17 heavy (non-hydrogen) atoms. The van der Waals surface area contributed by atoms with Crippen molar-refractivity contribution in [2.45, 2.75) is 0 Å². The molecule has 1 N–H and O–H groups in total. The number of hydrogen-bond acceptors (Lipinski definition) is 4. The molecule has 6 heteroatoms. The van der Waals surface area contributed by atoms with E-state index in [-0.39, 0.29) is 5.82 Å². The van der Waals surface area contributed by atoms with E-state index in [1.165, 1.54) is 12.1 Å². The van der Waals surface area contributed by atoms with Gasteiger partial charge in [-0.15, -0.1) is 10.2 Å². The van der Waals surface area contributed by atoms with Crippen LogP contribution < -0.4 is 5.43 Å². The highest BCUT2D eigenvalue weighted by molar-refractivity contribution is 6.29. The first kappa shape index (κ1) is 11.5. The van der Waals surface area contributed by atoms with Crippen molar-refractivity contribution in [2.75, 3.05) is 5.43 Å². The van der Waals surface area contributed by atoms with Crippen LogP contribution in [0.25, 0.3) is 0 Å². The van der Waals surface area contributed by atoms with Gasteiger partial charge < -0.3 is 0 Å². The van der Waals surface area contributed by atoms with E-state index < -0.39 is 0 Å². The molecule has 2 aromatic rings. The van der Waals surface area contributed by atoms with Crippen LogP contribution >= 0.6 is 11.6 Å². The lowest BCUT2D eigenvalue weighted by atomic mass is 10.2. The topological polar surface area (TPSA) is 50.2 Å². The fraction of sp³-hybridized carbons (Fsp3) is 0. The second-order valence-corrected chi connectivity index (χ2v) is 3.55. The van der Waals surface area contributed by atoms with E-state index in [0.29, 0.717) is 11.0 Å². The number of aromatic nitrogens is 2. The van der Waals surface area contributed by atoms with Gasteiger partial charge in [0.2, 0.25) is 0 Å².